The Labute approximate surface area is 181 Å². The minimum Gasteiger partial charge on any atom is -0.468 e. The molecule has 0 amide bonds. The van der Waals surface area contributed by atoms with Crippen LogP contribution in [-0.4, -0.2) is 21.7 Å². The molecule has 0 saturated heterocycles. The molecule has 0 aromatic carbocycles. The molecule has 1 aliphatic heterocycles. The van der Waals surface area contributed by atoms with Crippen molar-refractivity contribution in [2.45, 2.75) is 36.9 Å². The van der Waals surface area contributed by atoms with E-state index in [1.54, 1.807) is 17.0 Å². The zero-order chi connectivity index (χ0) is 21.5. The molecule has 2 aliphatic rings. The highest BCUT2D eigenvalue weighted by Gasteiger charge is 2.46. The van der Waals surface area contributed by atoms with E-state index in [1.165, 1.54) is 29.4 Å². The highest BCUT2D eigenvalue weighted by molar-refractivity contribution is 8.01. The molecule has 0 spiro atoms. The predicted molar refractivity (Wildman–Crippen MR) is 112 cm³/mol. The molecule has 4 rings (SSSR count). The summed E-state index contributed by atoms with van der Waals surface area (Å²) in [5, 5.41) is 27.6. The zero-order valence-electron chi connectivity index (χ0n) is 16.4. The standard InChI is InChI=1S/C20H18N6O2S2/c1-20(2)8-12-16(13(27)9-20)15(14-4-3-6-28-14)11(10-22)17(23)26(12)18-24-25-19(30-18)29-7-5-21/h3-4,6,15H,7-9,23H2,1-2H3. The van der Waals surface area contributed by atoms with E-state index < -0.39 is 5.92 Å². The molecule has 30 heavy (non-hydrogen) atoms. The quantitative estimate of drug-likeness (QED) is 0.709. The molecular formula is C20H18N6O2S2. The summed E-state index contributed by atoms with van der Waals surface area (Å²) in [6.07, 6.45) is 2.48. The molecule has 2 aromatic heterocycles. The molecule has 0 fully saturated rings. The summed E-state index contributed by atoms with van der Waals surface area (Å²) in [5.74, 6) is 0.314. The Morgan fingerprint density at radius 2 is 2.20 bits per heavy atom. The summed E-state index contributed by atoms with van der Waals surface area (Å²) in [6.45, 7) is 4.06. The second-order valence-corrected chi connectivity index (χ2v) is 9.97. The summed E-state index contributed by atoms with van der Waals surface area (Å²) in [7, 11) is 0. The van der Waals surface area contributed by atoms with E-state index in [9.17, 15) is 10.1 Å². The summed E-state index contributed by atoms with van der Waals surface area (Å²) in [5.41, 5.74) is 7.72. The van der Waals surface area contributed by atoms with Gasteiger partial charge in [0.2, 0.25) is 5.13 Å². The van der Waals surface area contributed by atoms with Gasteiger partial charge < -0.3 is 10.2 Å². The van der Waals surface area contributed by atoms with Crippen molar-refractivity contribution >= 4 is 34.0 Å². The van der Waals surface area contributed by atoms with E-state index >= 15 is 0 Å². The van der Waals surface area contributed by atoms with Gasteiger partial charge in [-0.05, 0) is 24.0 Å². The fourth-order valence-electron chi connectivity index (χ4n) is 3.91. The van der Waals surface area contributed by atoms with E-state index in [0.717, 1.165) is 5.70 Å². The van der Waals surface area contributed by atoms with Crippen LogP contribution in [0.3, 0.4) is 0 Å². The molecule has 2 aromatic rings. The molecule has 1 aliphatic carbocycles. The topological polar surface area (TPSA) is 133 Å². The summed E-state index contributed by atoms with van der Waals surface area (Å²) in [4.78, 5) is 15.0. The molecule has 0 saturated carbocycles. The van der Waals surface area contributed by atoms with Crippen molar-refractivity contribution in [1.29, 1.82) is 10.5 Å². The predicted octanol–water partition coefficient (Wildman–Crippen LogP) is 3.69. The van der Waals surface area contributed by atoms with Crippen molar-refractivity contribution in [2.24, 2.45) is 11.1 Å². The lowest BCUT2D eigenvalue weighted by molar-refractivity contribution is -0.118. The minimum atomic E-state index is -0.639. The minimum absolute atomic E-state index is 0.0310. The van der Waals surface area contributed by atoms with Gasteiger partial charge in [-0.2, -0.15) is 10.5 Å². The van der Waals surface area contributed by atoms with Gasteiger partial charge in [0.15, 0.2) is 10.1 Å². The van der Waals surface area contributed by atoms with Crippen molar-refractivity contribution in [3.8, 4) is 12.1 Å². The van der Waals surface area contributed by atoms with Crippen molar-refractivity contribution in [3.05, 3.63) is 46.8 Å². The lowest BCUT2D eigenvalue weighted by atomic mass is 9.69. The number of anilines is 1. The van der Waals surface area contributed by atoms with Crippen molar-refractivity contribution < 1.29 is 9.21 Å². The van der Waals surface area contributed by atoms with Crippen LogP contribution in [-0.2, 0) is 4.79 Å². The number of Topliss-reactive ketones (excluding diaryl/α,β-unsaturated/α-hetero) is 1. The maximum atomic E-state index is 13.3. The first-order chi connectivity index (χ1) is 14.4. The van der Waals surface area contributed by atoms with Crippen LogP contribution in [0, 0.1) is 28.1 Å². The summed E-state index contributed by atoms with van der Waals surface area (Å²) < 4.78 is 6.21. The normalized spacial score (nSPS) is 20.7. The number of rotatable bonds is 4. The Bertz CT molecular complexity index is 1150. The third kappa shape index (κ3) is 3.38. The average Bonchev–Trinajstić information content (AvgIpc) is 3.36. The first kappa shape index (κ1) is 20.2. The SMILES string of the molecule is CC1(C)CC(=O)C2=C(C1)N(c1nnc(SCC#N)s1)C(N)=C(C#N)C2c1ccco1. The number of thioether (sulfide) groups is 1. The second-order valence-electron chi connectivity index (χ2n) is 7.79. The van der Waals surface area contributed by atoms with E-state index in [0.29, 0.717) is 33.6 Å². The van der Waals surface area contributed by atoms with E-state index in [-0.39, 0.29) is 28.3 Å². The van der Waals surface area contributed by atoms with Gasteiger partial charge in [-0.1, -0.05) is 36.9 Å². The molecular weight excluding hydrogens is 420 g/mol. The number of hydrogen-bond donors (Lipinski definition) is 1. The largest absolute Gasteiger partial charge is 0.468 e. The Hall–Kier alpha value is -3.08. The molecule has 152 valence electrons. The smallest absolute Gasteiger partial charge is 0.219 e. The van der Waals surface area contributed by atoms with Crippen LogP contribution < -0.4 is 10.6 Å². The number of furan rings is 1. The molecule has 1 atom stereocenters. The Morgan fingerprint density at radius 1 is 1.40 bits per heavy atom. The van der Waals surface area contributed by atoms with E-state index in [4.69, 9.17) is 15.4 Å². The monoisotopic (exact) mass is 438 g/mol. The van der Waals surface area contributed by atoms with Crippen LogP contribution in [0.15, 0.2) is 49.8 Å². The van der Waals surface area contributed by atoms with E-state index in [1.807, 2.05) is 13.8 Å². The van der Waals surface area contributed by atoms with Crippen molar-refractivity contribution in [2.75, 3.05) is 10.7 Å². The van der Waals surface area contributed by atoms with Crippen molar-refractivity contribution in [3.63, 3.8) is 0 Å². The highest BCUT2D eigenvalue weighted by atomic mass is 32.2. The summed E-state index contributed by atoms with van der Waals surface area (Å²) >= 11 is 2.55. The first-order valence-electron chi connectivity index (χ1n) is 9.19. The third-order valence-electron chi connectivity index (χ3n) is 5.06. The van der Waals surface area contributed by atoms with Gasteiger partial charge >= 0.3 is 0 Å². The van der Waals surface area contributed by atoms with Gasteiger partial charge in [0.25, 0.3) is 0 Å². The number of carbonyl (C=O) groups excluding carboxylic acids is 1. The number of nitriles is 2. The number of allylic oxidation sites excluding steroid dienone is 3. The molecule has 0 radical (unpaired) electrons. The van der Waals surface area contributed by atoms with Crippen molar-refractivity contribution in [1.82, 2.24) is 10.2 Å². The molecule has 3 heterocycles. The number of nitrogens with two attached hydrogens (primary N) is 1. The Kier molecular flexibility index (Phi) is 5.14. The van der Waals surface area contributed by atoms with Crippen LogP contribution in [0.2, 0.25) is 0 Å². The maximum absolute atomic E-state index is 13.3. The fourth-order valence-corrected chi connectivity index (χ4v) is 5.45. The van der Waals surface area contributed by atoms with Gasteiger partial charge in [0.1, 0.15) is 11.6 Å². The lowest BCUT2D eigenvalue weighted by Crippen LogP contribution is -2.42. The molecule has 1 unspecified atom stereocenters. The Morgan fingerprint density at radius 3 is 2.87 bits per heavy atom. The van der Waals surface area contributed by atoms with Gasteiger partial charge in [0, 0.05) is 17.7 Å². The van der Waals surface area contributed by atoms with Gasteiger partial charge in [0.05, 0.1) is 35.6 Å². The van der Waals surface area contributed by atoms with Gasteiger partial charge in [-0.15, -0.1) is 10.2 Å². The number of carbonyl (C=O) groups is 1. The molecule has 2 N–H and O–H groups in total. The van der Waals surface area contributed by atoms with Crippen LogP contribution in [0.5, 0.6) is 0 Å². The Balaban J connectivity index is 1.90. The maximum Gasteiger partial charge on any atom is 0.219 e. The molecule has 0 bridgehead atoms. The van der Waals surface area contributed by atoms with Gasteiger partial charge in [-0.25, -0.2) is 0 Å². The van der Waals surface area contributed by atoms with Crippen LogP contribution >= 0.6 is 23.1 Å². The van der Waals surface area contributed by atoms with Crippen LogP contribution in [0.1, 0.15) is 38.4 Å². The lowest BCUT2D eigenvalue weighted by Gasteiger charge is -2.42. The van der Waals surface area contributed by atoms with E-state index in [2.05, 4.69) is 22.3 Å². The van der Waals surface area contributed by atoms with Crippen LogP contribution in [0.4, 0.5) is 5.13 Å². The third-order valence-corrected chi connectivity index (χ3v) is 6.96. The van der Waals surface area contributed by atoms with Crippen LogP contribution in [0.25, 0.3) is 0 Å². The van der Waals surface area contributed by atoms with Gasteiger partial charge in [-0.3, -0.25) is 9.69 Å². The number of ketones is 1. The second kappa shape index (κ2) is 7.63. The average molecular weight is 439 g/mol. The highest BCUT2D eigenvalue weighted by Crippen LogP contribution is 2.50. The number of aromatic nitrogens is 2. The summed E-state index contributed by atoms with van der Waals surface area (Å²) in [6, 6.07) is 7.73. The molecule has 10 heteroatoms. The first-order valence-corrected chi connectivity index (χ1v) is 11.0. The molecule has 8 nitrogen and oxygen atoms in total. The number of hydrogen-bond acceptors (Lipinski definition) is 10. The number of nitrogens with zero attached hydrogens (tertiary/aromatic N) is 5. The zero-order valence-corrected chi connectivity index (χ0v) is 18.0. The fraction of sp³-hybridized carbons (Fsp3) is 0.350.